The zero-order chi connectivity index (χ0) is 12.7. The second kappa shape index (κ2) is 7.54. The number of rotatable bonds is 4. The summed E-state index contributed by atoms with van der Waals surface area (Å²) in [6.07, 6.45) is 3.74. The van der Waals surface area contributed by atoms with Crippen LogP contribution in [0.3, 0.4) is 0 Å². The van der Waals surface area contributed by atoms with Crippen molar-refractivity contribution in [3.8, 4) is 0 Å². The van der Waals surface area contributed by atoms with Crippen molar-refractivity contribution >= 4 is 6.03 Å². The maximum absolute atomic E-state index is 11.6. The van der Waals surface area contributed by atoms with E-state index >= 15 is 0 Å². The van der Waals surface area contributed by atoms with E-state index in [1.165, 1.54) is 19.3 Å². The van der Waals surface area contributed by atoms with Crippen LogP contribution < -0.4 is 16.0 Å². The van der Waals surface area contributed by atoms with Crippen LogP contribution >= 0.6 is 0 Å². The van der Waals surface area contributed by atoms with Crippen LogP contribution in [0.1, 0.15) is 40.0 Å². The van der Waals surface area contributed by atoms with Gasteiger partial charge in [0.05, 0.1) is 0 Å². The lowest BCUT2D eigenvalue weighted by Crippen LogP contribution is -2.45. The molecule has 0 saturated carbocycles. The number of hydrogen-bond acceptors (Lipinski definition) is 2. The van der Waals surface area contributed by atoms with E-state index in [0.29, 0.717) is 11.8 Å². The molecule has 0 bridgehead atoms. The van der Waals surface area contributed by atoms with E-state index < -0.39 is 0 Å². The Morgan fingerprint density at radius 1 is 1.35 bits per heavy atom. The zero-order valence-corrected chi connectivity index (χ0v) is 11.4. The Balaban J connectivity index is 2.18. The summed E-state index contributed by atoms with van der Waals surface area (Å²) in [6.45, 7) is 9.19. The monoisotopic (exact) mass is 241 g/mol. The van der Waals surface area contributed by atoms with Crippen molar-refractivity contribution in [2.75, 3.05) is 19.6 Å². The van der Waals surface area contributed by atoms with Gasteiger partial charge in [0.2, 0.25) is 0 Å². The molecule has 2 unspecified atom stereocenters. The third-order valence-corrected chi connectivity index (χ3v) is 3.56. The fourth-order valence-corrected chi connectivity index (χ4v) is 1.93. The molecule has 0 radical (unpaired) electrons. The maximum atomic E-state index is 11.6. The summed E-state index contributed by atoms with van der Waals surface area (Å²) >= 11 is 0. The standard InChI is InChI=1S/C13H27N3O/c1-10(2)11(3)16-13(17)15-9-12-6-4-5-7-14-8-12/h10-12,14H,4-9H2,1-3H3,(H2,15,16,17). The second-order valence-corrected chi connectivity index (χ2v) is 5.45. The average molecular weight is 241 g/mol. The average Bonchev–Trinajstić information content (AvgIpc) is 2.54. The molecule has 1 heterocycles. The van der Waals surface area contributed by atoms with Crippen LogP contribution in [0, 0.1) is 11.8 Å². The number of carbonyl (C=O) groups excluding carboxylic acids is 1. The minimum absolute atomic E-state index is 0.0320. The van der Waals surface area contributed by atoms with E-state index in [1.54, 1.807) is 0 Å². The predicted octanol–water partition coefficient (Wildman–Crippen LogP) is 1.72. The lowest BCUT2D eigenvalue weighted by atomic mass is 10.0. The molecular formula is C13H27N3O. The lowest BCUT2D eigenvalue weighted by molar-refractivity contribution is 0.232. The molecule has 0 aromatic heterocycles. The number of amides is 2. The molecule has 4 nitrogen and oxygen atoms in total. The molecule has 0 aromatic carbocycles. The Morgan fingerprint density at radius 2 is 2.12 bits per heavy atom. The number of nitrogens with one attached hydrogen (secondary N) is 3. The molecule has 100 valence electrons. The first-order valence-corrected chi connectivity index (χ1v) is 6.84. The molecule has 1 saturated heterocycles. The van der Waals surface area contributed by atoms with Gasteiger partial charge in [0.15, 0.2) is 0 Å². The highest BCUT2D eigenvalue weighted by atomic mass is 16.2. The Labute approximate surface area is 105 Å². The van der Waals surface area contributed by atoms with Crippen LogP contribution in [0.25, 0.3) is 0 Å². The Kier molecular flexibility index (Phi) is 6.34. The molecular weight excluding hydrogens is 214 g/mol. The second-order valence-electron chi connectivity index (χ2n) is 5.45. The van der Waals surface area contributed by atoms with Crippen molar-refractivity contribution in [2.24, 2.45) is 11.8 Å². The molecule has 1 fully saturated rings. The highest BCUT2D eigenvalue weighted by Crippen LogP contribution is 2.09. The van der Waals surface area contributed by atoms with Gasteiger partial charge in [0.1, 0.15) is 0 Å². The van der Waals surface area contributed by atoms with Gasteiger partial charge in [-0.05, 0) is 44.7 Å². The van der Waals surface area contributed by atoms with Gasteiger partial charge < -0.3 is 16.0 Å². The Morgan fingerprint density at radius 3 is 2.82 bits per heavy atom. The molecule has 0 aliphatic carbocycles. The van der Waals surface area contributed by atoms with Crippen molar-refractivity contribution in [1.29, 1.82) is 0 Å². The summed E-state index contributed by atoms with van der Waals surface area (Å²) < 4.78 is 0. The fraction of sp³-hybridized carbons (Fsp3) is 0.923. The Hall–Kier alpha value is -0.770. The van der Waals surface area contributed by atoms with Crippen LogP contribution in [-0.4, -0.2) is 31.7 Å². The first kappa shape index (κ1) is 14.3. The fourth-order valence-electron chi connectivity index (χ4n) is 1.93. The van der Waals surface area contributed by atoms with Crippen LogP contribution in [-0.2, 0) is 0 Å². The van der Waals surface area contributed by atoms with E-state index in [0.717, 1.165) is 19.6 Å². The number of urea groups is 1. The van der Waals surface area contributed by atoms with Gasteiger partial charge in [-0.1, -0.05) is 20.3 Å². The van der Waals surface area contributed by atoms with E-state index in [1.807, 2.05) is 6.92 Å². The SMILES string of the molecule is CC(C)C(C)NC(=O)NCC1CCCCNC1. The topological polar surface area (TPSA) is 53.2 Å². The predicted molar refractivity (Wildman–Crippen MR) is 71.0 cm³/mol. The number of hydrogen-bond donors (Lipinski definition) is 3. The quantitative estimate of drug-likeness (QED) is 0.702. The molecule has 2 amide bonds. The first-order chi connectivity index (χ1) is 8.09. The minimum atomic E-state index is -0.0320. The van der Waals surface area contributed by atoms with Gasteiger partial charge >= 0.3 is 6.03 Å². The summed E-state index contributed by atoms with van der Waals surface area (Å²) in [5.41, 5.74) is 0. The maximum Gasteiger partial charge on any atom is 0.315 e. The van der Waals surface area contributed by atoms with Gasteiger partial charge in [-0.25, -0.2) is 4.79 Å². The molecule has 2 atom stereocenters. The minimum Gasteiger partial charge on any atom is -0.338 e. The molecule has 4 heteroatoms. The highest BCUT2D eigenvalue weighted by Gasteiger charge is 2.14. The van der Waals surface area contributed by atoms with E-state index in [-0.39, 0.29) is 12.1 Å². The largest absolute Gasteiger partial charge is 0.338 e. The lowest BCUT2D eigenvalue weighted by Gasteiger charge is -2.20. The summed E-state index contributed by atoms with van der Waals surface area (Å²) in [4.78, 5) is 11.6. The van der Waals surface area contributed by atoms with Crippen LogP contribution in [0.15, 0.2) is 0 Å². The van der Waals surface area contributed by atoms with E-state index in [2.05, 4.69) is 29.8 Å². The van der Waals surface area contributed by atoms with Crippen molar-refractivity contribution in [2.45, 2.75) is 46.1 Å². The highest BCUT2D eigenvalue weighted by molar-refractivity contribution is 5.74. The van der Waals surface area contributed by atoms with Gasteiger partial charge in [-0.15, -0.1) is 0 Å². The molecule has 1 rings (SSSR count). The van der Waals surface area contributed by atoms with E-state index in [4.69, 9.17) is 0 Å². The van der Waals surface area contributed by atoms with Crippen molar-refractivity contribution in [1.82, 2.24) is 16.0 Å². The van der Waals surface area contributed by atoms with Gasteiger partial charge in [-0.3, -0.25) is 0 Å². The summed E-state index contributed by atoms with van der Waals surface area (Å²) in [5.74, 6) is 1.05. The number of carbonyl (C=O) groups is 1. The van der Waals surface area contributed by atoms with Gasteiger partial charge in [-0.2, -0.15) is 0 Å². The zero-order valence-electron chi connectivity index (χ0n) is 11.4. The normalized spacial score (nSPS) is 22.9. The molecule has 0 aromatic rings. The van der Waals surface area contributed by atoms with Crippen LogP contribution in [0.5, 0.6) is 0 Å². The van der Waals surface area contributed by atoms with Crippen molar-refractivity contribution in [3.05, 3.63) is 0 Å². The van der Waals surface area contributed by atoms with Crippen molar-refractivity contribution < 1.29 is 4.79 Å². The van der Waals surface area contributed by atoms with Gasteiger partial charge in [0.25, 0.3) is 0 Å². The third-order valence-electron chi connectivity index (χ3n) is 3.56. The molecule has 0 spiro atoms. The van der Waals surface area contributed by atoms with Crippen molar-refractivity contribution in [3.63, 3.8) is 0 Å². The summed E-state index contributed by atoms with van der Waals surface area (Å²) in [5, 5.41) is 9.35. The molecule has 3 N–H and O–H groups in total. The third kappa shape index (κ3) is 5.91. The molecule has 1 aliphatic heterocycles. The summed E-state index contributed by atoms with van der Waals surface area (Å²) in [6, 6.07) is 0.192. The smallest absolute Gasteiger partial charge is 0.315 e. The van der Waals surface area contributed by atoms with E-state index in [9.17, 15) is 4.79 Å². The molecule has 17 heavy (non-hydrogen) atoms. The molecule has 1 aliphatic rings. The summed E-state index contributed by atoms with van der Waals surface area (Å²) in [7, 11) is 0. The van der Waals surface area contributed by atoms with Crippen LogP contribution in [0.2, 0.25) is 0 Å². The Bertz CT molecular complexity index is 223. The van der Waals surface area contributed by atoms with Crippen LogP contribution in [0.4, 0.5) is 4.79 Å². The van der Waals surface area contributed by atoms with Gasteiger partial charge in [0, 0.05) is 12.6 Å². The first-order valence-electron chi connectivity index (χ1n) is 6.84.